The molecule has 28 heavy (non-hydrogen) atoms. The van der Waals surface area contributed by atoms with Crippen LogP contribution in [0.25, 0.3) is 0 Å². The van der Waals surface area contributed by atoms with Crippen LogP contribution in [0.4, 0.5) is 0 Å². The lowest BCUT2D eigenvalue weighted by molar-refractivity contribution is 0.0757. The SMILES string of the molecule is COc1ccc(C(=O)NCCCOC(C)C)cc1S(=O)(=O)N1CCCCCC1. The van der Waals surface area contributed by atoms with Crippen molar-refractivity contribution in [1.82, 2.24) is 9.62 Å². The molecule has 0 bridgehead atoms. The molecule has 1 heterocycles. The summed E-state index contributed by atoms with van der Waals surface area (Å²) in [5, 5.41) is 2.81. The highest BCUT2D eigenvalue weighted by molar-refractivity contribution is 7.89. The lowest BCUT2D eigenvalue weighted by atomic mass is 10.2. The minimum atomic E-state index is -3.71. The van der Waals surface area contributed by atoms with Gasteiger partial charge in [-0.15, -0.1) is 0 Å². The van der Waals surface area contributed by atoms with Gasteiger partial charge in [0.1, 0.15) is 10.6 Å². The first-order valence-electron chi connectivity index (χ1n) is 9.94. The Balaban J connectivity index is 2.13. The van der Waals surface area contributed by atoms with Crippen LogP contribution >= 0.6 is 0 Å². The molecule has 0 saturated carbocycles. The van der Waals surface area contributed by atoms with Crippen molar-refractivity contribution in [2.75, 3.05) is 33.4 Å². The highest BCUT2D eigenvalue weighted by Gasteiger charge is 2.29. The van der Waals surface area contributed by atoms with Crippen LogP contribution in [0.5, 0.6) is 5.75 Å². The zero-order valence-electron chi connectivity index (χ0n) is 17.1. The maximum absolute atomic E-state index is 13.2. The first-order valence-corrected chi connectivity index (χ1v) is 11.4. The van der Waals surface area contributed by atoms with Crippen LogP contribution in [-0.2, 0) is 14.8 Å². The van der Waals surface area contributed by atoms with Gasteiger partial charge in [-0.25, -0.2) is 8.42 Å². The van der Waals surface area contributed by atoms with Crippen LogP contribution in [-0.4, -0.2) is 58.1 Å². The number of amides is 1. The van der Waals surface area contributed by atoms with Crippen LogP contribution in [0.2, 0.25) is 0 Å². The van der Waals surface area contributed by atoms with Gasteiger partial charge in [-0.05, 0) is 51.3 Å². The van der Waals surface area contributed by atoms with E-state index in [9.17, 15) is 13.2 Å². The molecule has 0 atom stereocenters. The van der Waals surface area contributed by atoms with E-state index < -0.39 is 10.0 Å². The molecule has 2 rings (SSSR count). The molecule has 1 amide bonds. The van der Waals surface area contributed by atoms with Crippen molar-refractivity contribution < 1.29 is 22.7 Å². The summed E-state index contributed by atoms with van der Waals surface area (Å²) in [4.78, 5) is 12.5. The van der Waals surface area contributed by atoms with E-state index in [2.05, 4.69) is 5.32 Å². The molecule has 1 saturated heterocycles. The van der Waals surface area contributed by atoms with Crippen LogP contribution in [0.3, 0.4) is 0 Å². The first kappa shape index (κ1) is 22.6. The average Bonchev–Trinajstić information content (AvgIpc) is 2.97. The van der Waals surface area contributed by atoms with Gasteiger partial charge in [0.05, 0.1) is 13.2 Å². The molecule has 0 spiro atoms. The van der Waals surface area contributed by atoms with Gasteiger partial charge in [-0.2, -0.15) is 4.31 Å². The number of hydrogen-bond acceptors (Lipinski definition) is 5. The molecule has 158 valence electrons. The number of rotatable bonds is 9. The van der Waals surface area contributed by atoms with Crippen molar-refractivity contribution in [1.29, 1.82) is 0 Å². The van der Waals surface area contributed by atoms with Crippen molar-refractivity contribution in [2.24, 2.45) is 0 Å². The summed E-state index contributed by atoms with van der Waals surface area (Å²) < 4.78 is 38.5. The smallest absolute Gasteiger partial charge is 0.251 e. The second-order valence-corrected chi connectivity index (χ2v) is 9.12. The van der Waals surface area contributed by atoms with E-state index in [4.69, 9.17) is 9.47 Å². The number of sulfonamides is 1. The van der Waals surface area contributed by atoms with E-state index in [-0.39, 0.29) is 22.7 Å². The molecular formula is C20H32N2O5S. The van der Waals surface area contributed by atoms with Gasteiger partial charge in [0.15, 0.2) is 0 Å². The Morgan fingerprint density at radius 2 is 1.86 bits per heavy atom. The summed E-state index contributed by atoms with van der Waals surface area (Å²) in [5.41, 5.74) is 0.305. The van der Waals surface area contributed by atoms with Crippen molar-refractivity contribution >= 4 is 15.9 Å². The maximum atomic E-state index is 13.2. The van der Waals surface area contributed by atoms with Crippen molar-refractivity contribution in [3.05, 3.63) is 23.8 Å². The first-order chi connectivity index (χ1) is 13.4. The van der Waals surface area contributed by atoms with Crippen LogP contribution in [0, 0.1) is 0 Å². The van der Waals surface area contributed by atoms with Crippen molar-refractivity contribution in [3.8, 4) is 5.75 Å². The van der Waals surface area contributed by atoms with Gasteiger partial charge in [0, 0.05) is 31.8 Å². The third-order valence-corrected chi connectivity index (χ3v) is 6.59. The monoisotopic (exact) mass is 412 g/mol. The molecule has 0 aliphatic carbocycles. The minimum absolute atomic E-state index is 0.0488. The normalized spacial score (nSPS) is 16.0. The summed E-state index contributed by atoms with van der Waals surface area (Å²) >= 11 is 0. The summed E-state index contributed by atoms with van der Waals surface area (Å²) in [5.74, 6) is -0.0503. The Hall–Kier alpha value is -1.64. The second-order valence-electron chi connectivity index (χ2n) is 7.21. The second kappa shape index (κ2) is 10.8. The number of nitrogens with zero attached hydrogens (tertiary/aromatic N) is 1. The fraction of sp³-hybridized carbons (Fsp3) is 0.650. The molecule has 1 aliphatic heterocycles. The summed E-state index contributed by atoms with van der Waals surface area (Å²) in [6.45, 7) is 5.95. The number of hydrogen-bond donors (Lipinski definition) is 1. The van der Waals surface area contributed by atoms with Gasteiger partial charge >= 0.3 is 0 Å². The molecule has 1 fully saturated rings. The molecule has 1 aliphatic rings. The highest BCUT2D eigenvalue weighted by Crippen LogP contribution is 2.29. The molecule has 0 radical (unpaired) electrons. The summed E-state index contributed by atoms with van der Waals surface area (Å²) in [6.07, 6.45) is 4.61. The van der Waals surface area contributed by atoms with Crippen LogP contribution in [0.15, 0.2) is 23.1 Å². The Morgan fingerprint density at radius 1 is 1.18 bits per heavy atom. The summed E-state index contributed by atoms with van der Waals surface area (Å²) in [7, 11) is -2.28. The lowest BCUT2D eigenvalue weighted by Crippen LogP contribution is -2.32. The van der Waals surface area contributed by atoms with Gasteiger partial charge in [0.25, 0.3) is 5.91 Å². The molecular weight excluding hydrogens is 380 g/mol. The van der Waals surface area contributed by atoms with E-state index >= 15 is 0 Å². The maximum Gasteiger partial charge on any atom is 0.251 e. The quantitative estimate of drug-likeness (QED) is 0.631. The third-order valence-electron chi connectivity index (χ3n) is 4.67. The Morgan fingerprint density at radius 3 is 2.46 bits per heavy atom. The summed E-state index contributed by atoms with van der Waals surface area (Å²) in [6, 6.07) is 4.54. The molecule has 1 N–H and O–H groups in total. The largest absolute Gasteiger partial charge is 0.495 e. The zero-order chi connectivity index (χ0) is 20.6. The van der Waals surface area contributed by atoms with Crippen molar-refractivity contribution in [3.63, 3.8) is 0 Å². The van der Waals surface area contributed by atoms with Gasteiger partial charge in [0.2, 0.25) is 10.0 Å². The standard InChI is InChI=1S/C20H32N2O5S/c1-16(2)27-14-8-11-21-20(23)17-9-10-18(26-3)19(15-17)28(24,25)22-12-6-4-5-7-13-22/h9-10,15-16H,4-8,11-14H2,1-3H3,(H,21,23). The minimum Gasteiger partial charge on any atom is -0.495 e. The molecule has 1 aromatic rings. The molecule has 0 unspecified atom stereocenters. The van der Waals surface area contributed by atoms with E-state index in [0.29, 0.717) is 38.2 Å². The Bertz CT molecular complexity index is 741. The molecule has 7 nitrogen and oxygen atoms in total. The third kappa shape index (κ3) is 6.18. The Kier molecular flexibility index (Phi) is 8.72. The zero-order valence-corrected chi connectivity index (χ0v) is 17.9. The fourth-order valence-corrected chi connectivity index (χ4v) is 4.83. The molecule has 0 aromatic heterocycles. The predicted molar refractivity (Wildman–Crippen MR) is 108 cm³/mol. The predicted octanol–water partition coefficient (Wildman–Crippen LogP) is 2.80. The van der Waals surface area contributed by atoms with E-state index in [0.717, 1.165) is 25.7 Å². The van der Waals surface area contributed by atoms with E-state index in [1.165, 1.54) is 17.5 Å². The fourth-order valence-electron chi connectivity index (χ4n) is 3.14. The molecule has 8 heteroatoms. The van der Waals surface area contributed by atoms with Crippen LogP contribution < -0.4 is 10.1 Å². The van der Waals surface area contributed by atoms with Crippen LogP contribution in [0.1, 0.15) is 56.3 Å². The lowest BCUT2D eigenvalue weighted by Gasteiger charge is -2.21. The number of ether oxygens (including phenoxy) is 2. The van der Waals surface area contributed by atoms with E-state index in [1.807, 2.05) is 13.8 Å². The topological polar surface area (TPSA) is 84.9 Å². The number of benzene rings is 1. The number of nitrogens with one attached hydrogen (secondary N) is 1. The molecule has 1 aromatic carbocycles. The number of carbonyl (C=O) groups excluding carboxylic acids is 1. The van der Waals surface area contributed by atoms with Gasteiger partial charge in [-0.1, -0.05) is 12.8 Å². The van der Waals surface area contributed by atoms with Crippen molar-refractivity contribution in [2.45, 2.75) is 57.0 Å². The highest BCUT2D eigenvalue weighted by atomic mass is 32.2. The van der Waals surface area contributed by atoms with Gasteiger partial charge in [-0.3, -0.25) is 4.79 Å². The average molecular weight is 413 g/mol. The number of carbonyl (C=O) groups is 1. The van der Waals surface area contributed by atoms with E-state index in [1.54, 1.807) is 12.1 Å². The number of methoxy groups -OCH3 is 1. The van der Waals surface area contributed by atoms with Gasteiger partial charge < -0.3 is 14.8 Å². The Labute approximate surface area is 168 Å².